The molecular formula is C20H24N4O2. The zero-order valence-corrected chi connectivity index (χ0v) is 15.2. The van der Waals surface area contributed by atoms with E-state index in [0.29, 0.717) is 18.0 Å². The Bertz CT molecular complexity index is 836. The van der Waals surface area contributed by atoms with Gasteiger partial charge in [-0.15, -0.1) is 0 Å². The van der Waals surface area contributed by atoms with E-state index in [2.05, 4.69) is 10.2 Å². The molecule has 136 valence electrons. The standard InChI is InChI=1S/C20H24N4O2/c1-13-17(11-21-22-13)14-7-9-24(10-8-14)20(26)18-12-23(2)19(25)16-6-4-3-5-15(16)18/h3-6,11,14,18H,7-10,12H2,1-2H3,(H,21,22)/t18-/m1/s1. The van der Waals surface area contributed by atoms with Gasteiger partial charge in [0.05, 0.1) is 12.1 Å². The number of fused-ring (bicyclic) bond motifs is 1. The first-order valence-electron chi connectivity index (χ1n) is 9.19. The maximum absolute atomic E-state index is 13.2. The van der Waals surface area contributed by atoms with Gasteiger partial charge in [-0.2, -0.15) is 5.10 Å². The molecule has 1 N–H and O–H groups in total. The highest BCUT2D eigenvalue weighted by molar-refractivity contribution is 6.00. The maximum Gasteiger partial charge on any atom is 0.253 e. The highest BCUT2D eigenvalue weighted by Crippen LogP contribution is 2.33. The second kappa shape index (κ2) is 6.59. The molecule has 1 aromatic carbocycles. The zero-order valence-electron chi connectivity index (χ0n) is 15.2. The molecule has 0 saturated carbocycles. The molecule has 0 bridgehead atoms. The first kappa shape index (κ1) is 16.8. The Kier molecular flexibility index (Phi) is 4.26. The van der Waals surface area contributed by atoms with Gasteiger partial charge in [0.15, 0.2) is 0 Å². The smallest absolute Gasteiger partial charge is 0.253 e. The Morgan fingerprint density at radius 3 is 2.62 bits per heavy atom. The summed E-state index contributed by atoms with van der Waals surface area (Å²) in [5.74, 6) is 0.333. The van der Waals surface area contributed by atoms with Gasteiger partial charge >= 0.3 is 0 Å². The lowest BCUT2D eigenvalue weighted by Crippen LogP contribution is -2.46. The number of likely N-dealkylation sites (N-methyl/N-ethyl adjacent to an activating group) is 1. The molecule has 0 radical (unpaired) electrons. The summed E-state index contributed by atoms with van der Waals surface area (Å²) in [5, 5.41) is 7.13. The molecule has 1 atom stereocenters. The van der Waals surface area contributed by atoms with E-state index in [4.69, 9.17) is 0 Å². The monoisotopic (exact) mass is 352 g/mol. The fraction of sp³-hybridized carbons (Fsp3) is 0.450. The SMILES string of the molecule is Cc1[nH]ncc1C1CCN(C(=O)[C@@H]2CN(C)C(=O)c3ccccc32)CC1. The number of nitrogens with zero attached hydrogens (tertiary/aromatic N) is 3. The molecule has 2 aromatic rings. The Morgan fingerprint density at radius 2 is 1.92 bits per heavy atom. The predicted octanol–water partition coefficient (Wildman–Crippen LogP) is 2.29. The average Bonchev–Trinajstić information content (AvgIpc) is 3.10. The lowest BCUT2D eigenvalue weighted by molar-refractivity contribution is -0.134. The van der Waals surface area contributed by atoms with Crippen LogP contribution in [0.4, 0.5) is 0 Å². The third-order valence-electron chi connectivity index (χ3n) is 5.78. The van der Waals surface area contributed by atoms with Gasteiger partial charge in [0.2, 0.25) is 5.91 Å². The molecule has 1 fully saturated rings. The van der Waals surface area contributed by atoms with Crippen LogP contribution in [0.25, 0.3) is 0 Å². The van der Waals surface area contributed by atoms with Crippen LogP contribution in [0.3, 0.4) is 0 Å². The van der Waals surface area contributed by atoms with Crippen LogP contribution < -0.4 is 0 Å². The maximum atomic E-state index is 13.2. The van der Waals surface area contributed by atoms with Gasteiger partial charge in [0.1, 0.15) is 0 Å². The van der Waals surface area contributed by atoms with Gasteiger partial charge in [-0.1, -0.05) is 18.2 Å². The van der Waals surface area contributed by atoms with Gasteiger partial charge in [-0.05, 0) is 42.9 Å². The van der Waals surface area contributed by atoms with Crippen molar-refractivity contribution in [1.29, 1.82) is 0 Å². The molecule has 6 heteroatoms. The van der Waals surface area contributed by atoms with Crippen LogP contribution in [0.5, 0.6) is 0 Å². The van der Waals surface area contributed by atoms with Crippen molar-refractivity contribution in [3.8, 4) is 0 Å². The van der Waals surface area contributed by atoms with E-state index in [9.17, 15) is 9.59 Å². The number of hydrogen-bond donors (Lipinski definition) is 1. The number of aromatic nitrogens is 2. The number of H-pyrrole nitrogens is 1. The molecule has 6 nitrogen and oxygen atoms in total. The van der Waals surface area contributed by atoms with Crippen molar-refractivity contribution in [3.63, 3.8) is 0 Å². The number of carbonyl (C=O) groups excluding carboxylic acids is 2. The number of aromatic amines is 1. The fourth-order valence-corrected chi connectivity index (χ4v) is 4.27. The van der Waals surface area contributed by atoms with Crippen LogP contribution in [0.2, 0.25) is 0 Å². The van der Waals surface area contributed by atoms with Crippen molar-refractivity contribution in [2.24, 2.45) is 0 Å². The minimum atomic E-state index is -0.263. The number of hydrogen-bond acceptors (Lipinski definition) is 3. The Balaban J connectivity index is 1.50. The van der Waals surface area contributed by atoms with E-state index in [1.807, 2.05) is 42.3 Å². The summed E-state index contributed by atoms with van der Waals surface area (Å²) in [6.07, 6.45) is 3.82. The molecule has 0 spiro atoms. The van der Waals surface area contributed by atoms with Gasteiger partial charge in [0, 0.05) is 37.9 Å². The Morgan fingerprint density at radius 1 is 1.19 bits per heavy atom. The summed E-state index contributed by atoms with van der Waals surface area (Å²) in [7, 11) is 1.77. The van der Waals surface area contributed by atoms with Crippen molar-refractivity contribution < 1.29 is 9.59 Å². The summed E-state index contributed by atoms with van der Waals surface area (Å²) >= 11 is 0. The van der Waals surface area contributed by atoms with Crippen LogP contribution in [0, 0.1) is 6.92 Å². The summed E-state index contributed by atoms with van der Waals surface area (Å²) in [6.45, 7) is 4.01. The lowest BCUT2D eigenvalue weighted by atomic mass is 9.86. The third-order valence-corrected chi connectivity index (χ3v) is 5.78. The van der Waals surface area contributed by atoms with Gasteiger partial charge < -0.3 is 9.80 Å². The number of benzene rings is 1. The summed E-state index contributed by atoms with van der Waals surface area (Å²) < 4.78 is 0. The molecular weight excluding hydrogens is 328 g/mol. The number of rotatable bonds is 2. The first-order valence-corrected chi connectivity index (χ1v) is 9.19. The van der Waals surface area contributed by atoms with Gasteiger partial charge in [-0.25, -0.2) is 0 Å². The Hall–Kier alpha value is -2.63. The fourth-order valence-electron chi connectivity index (χ4n) is 4.27. The minimum Gasteiger partial charge on any atom is -0.342 e. The predicted molar refractivity (Wildman–Crippen MR) is 98.0 cm³/mol. The van der Waals surface area contributed by atoms with E-state index in [-0.39, 0.29) is 17.7 Å². The number of carbonyl (C=O) groups is 2. The summed E-state index contributed by atoms with van der Waals surface area (Å²) in [4.78, 5) is 29.2. The van der Waals surface area contributed by atoms with Crippen LogP contribution in [-0.4, -0.2) is 58.5 Å². The number of likely N-dealkylation sites (tertiary alicyclic amines) is 1. The third kappa shape index (κ3) is 2.79. The van der Waals surface area contributed by atoms with E-state index < -0.39 is 0 Å². The highest BCUT2D eigenvalue weighted by atomic mass is 16.2. The van der Waals surface area contributed by atoms with Crippen molar-refractivity contribution in [2.75, 3.05) is 26.7 Å². The number of piperidine rings is 1. The molecule has 2 amide bonds. The number of amides is 2. The Labute approximate surface area is 153 Å². The van der Waals surface area contributed by atoms with E-state index >= 15 is 0 Å². The molecule has 2 aliphatic rings. The van der Waals surface area contributed by atoms with E-state index in [1.165, 1.54) is 5.56 Å². The lowest BCUT2D eigenvalue weighted by Gasteiger charge is -2.37. The molecule has 1 saturated heterocycles. The molecule has 3 heterocycles. The molecule has 26 heavy (non-hydrogen) atoms. The van der Waals surface area contributed by atoms with E-state index in [0.717, 1.165) is 37.2 Å². The van der Waals surface area contributed by atoms with Crippen LogP contribution in [-0.2, 0) is 4.79 Å². The normalized spacial score (nSPS) is 21.0. The largest absolute Gasteiger partial charge is 0.342 e. The molecule has 0 aliphatic carbocycles. The van der Waals surface area contributed by atoms with Crippen molar-refractivity contribution >= 4 is 11.8 Å². The summed E-state index contributed by atoms with van der Waals surface area (Å²) in [6, 6.07) is 7.51. The molecule has 0 unspecified atom stereocenters. The number of aryl methyl sites for hydroxylation is 1. The quantitative estimate of drug-likeness (QED) is 0.902. The minimum absolute atomic E-state index is 0.00112. The topological polar surface area (TPSA) is 69.3 Å². The number of nitrogens with one attached hydrogen (secondary N) is 1. The van der Waals surface area contributed by atoms with E-state index in [1.54, 1.807) is 11.9 Å². The average molecular weight is 352 g/mol. The summed E-state index contributed by atoms with van der Waals surface area (Å²) in [5.41, 5.74) is 3.92. The highest BCUT2D eigenvalue weighted by Gasteiger charge is 2.36. The van der Waals surface area contributed by atoms with Gasteiger partial charge in [-0.3, -0.25) is 14.7 Å². The van der Waals surface area contributed by atoms with Crippen molar-refractivity contribution in [3.05, 3.63) is 52.8 Å². The van der Waals surface area contributed by atoms with Crippen LogP contribution in [0.15, 0.2) is 30.5 Å². The molecule has 1 aromatic heterocycles. The van der Waals surface area contributed by atoms with Crippen LogP contribution >= 0.6 is 0 Å². The first-order chi connectivity index (χ1) is 12.6. The van der Waals surface area contributed by atoms with Crippen molar-refractivity contribution in [1.82, 2.24) is 20.0 Å². The van der Waals surface area contributed by atoms with Crippen LogP contribution in [0.1, 0.15) is 51.9 Å². The van der Waals surface area contributed by atoms with Gasteiger partial charge in [0.25, 0.3) is 5.91 Å². The molecule has 4 rings (SSSR count). The molecule has 2 aliphatic heterocycles. The second-order valence-electron chi connectivity index (χ2n) is 7.38. The zero-order chi connectivity index (χ0) is 18.3. The van der Waals surface area contributed by atoms with Crippen molar-refractivity contribution in [2.45, 2.75) is 31.6 Å². The second-order valence-corrected chi connectivity index (χ2v) is 7.38.